The highest BCUT2D eigenvalue weighted by molar-refractivity contribution is 6.31. The third-order valence-corrected chi connectivity index (χ3v) is 3.67. The zero-order valence-corrected chi connectivity index (χ0v) is 13.3. The predicted octanol–water partition coefficient (Wildman–Crippen LogP) is 3.38. The minimum atomic E-state index is -1.05. The Morgan fingerprint density at radius 2 is 1.79 bits per heavy atom. The first kappa shape index (κ1) is 15.9. The second-order valence-corrected chi connectivity index (χ2v) is 5.51. The molecule has 2 aromatic rings. The lowest BCUT2D eigenvalue weighted by molar-refractivity contribution is -0.118. The van der Waals surface area contributed by atoms with Crippen molar-refractivity contribution in [2.45, 2.75) is 6.61 Å². The molecule has 1 heterocycles. The van der Waals surface area contributed by atoms with Gasteiger partial charge in [-0.05, 0) is 23.3 Å². The van der Waals surface area contributed by atoms with E-state index < -0.39 is 11.8 Å². The molecule has 0 N–H and O–H groups in total. The van der Waals surface area contributed by atoms with Crippen molar-refractivity contribution in [1.29, 1.82) is 5.26 Å². The first-order chi connectivity index (χ1) is 11.7. The molecule has 0 spiro atoms. The topological polar surface area (TPSA) is 74.8 Å². The summed E-state index contributed by atoms with van der Waals surface area (Å²) in [7, 11) is 0. The van der Waals surface area contributed by atoms with Crippen molar-refractivity contribution in [3.8, 4) is 6.07 Å². The number of amidine groups is 1. The summed E-state index contributed by atoms with van der Waals surface area (Å²) >= 11 is 5.88. The highest BCUT2D eigenvalue weighted by atomic mass is 35.5. The van der Waals surface area contributed by atoms with Crippen LogP contribution >= 0.6 is 11.6 Å². The number of aliphatic imine (C=N–C) groups is 2. The molecule has 1 unspecified atom stereocenters. The molecule has 2 aromatic carbocycles. The van der Waals surface area contributed by atoms with Crippen LogP contribution < -0.4 is 0 Å². The minimum Gasteiger partial charge on any atom is -0.459 e. The SMILES string of the molecule is N#CC1C(=O)N=C(OCc2ccccc2)N=C1c1ccc(Cl)cc1. The van der Waals surface area contributed by atoms with E-state index in [-0.39, 0.29) is 12.6 Å². The molecule has 1 amide bonds. The van der Waals surface area contributed by atoms with E-state index in [4.69, 9.17) is 16.3 Å². The van der Waals surface area contributed by atoms with E-state index in [1.165, 1.54) is 0 Å². The molecule has 24 heavy (non-hydrogen) atoms. The van der Waals surface area contributed by atoms with Gasteiger partial charge < -0.3 is 4.74 Å². The monoisotopic (exact) mass is 337 g/mol. The minimum absolute atomic E-state index is 0.0414. The quantitative estimate of drug-likeness (QED) is 0.861. The van der Waals surface area contributed by atoms with Crippen LogP contribution in [-0.4, -0.2) is 17.6 Å². The Bertz CT molecular complexity index is 852. The molecule has 118 valence electrons. The van der Waals surface area contributed by atoms with Crippen molar-refractivity contribution in [2.24, 2.45) is 15.9 Å². The number of rotatable bonds is 3. The molecular formula is C18H12ClN3O2. The molecule has 1 aliphatic heterocycles. The lowest BCUT2D eigenvalue weighted by Gasteiger charge is -2.16. The van der Waals surface area contributed by atoms with Crippen molar-refractivity contribution < 1.29 is 9.53 Å². The van der Waals surface area contributed by atoms with Gasteiger partial charge in [0.2, 0.25) is 0 Å². The van der Waals surface area contributed by atoms with E-state index in [0.717, 1.165) is 5.56 Å². The number of halogens is 1. The smallest absolute Gasteiger partial charge is 0.320 e. The highest BCUT2D eigenvalue weighted by Gasteiger charge is 2.30. The average molecular weight is 338 g/mol. The van der Waals surface area contributed by atoms with E-state index in [1.807, 2.05) is 36.4 Å². The van der Waals surface area contributed by atoms with E-state index in [0.29, 0.717) is 16.3 Å². The van der Waals surface area contributed by atoms with Gasteiger partial charge in [0, 0.05) is 5.02 Å². The molecule has 0 bridgehead atoms. The van der Waals surface area contributed by atoms with Gasteiger partial charge in [0.05, 0.1) is 11.8 Å². The Labute approximate surface area is 143 Å². The molecule has 0 fully saturated rings. The summed E-state index contributed by atoms with van der Waals surface area (Å²) in [5, 5.41) is 9.81. The normalized spacial score (nSPS) is 16.8. The van der Waals surface area contributed by atoms with Gasteiger partial charge in [-0.1, -0.05) is 54.1 Å². The van der Waals surface area contributed by atoms with Crippen LogP contribution in [0.2, 0.25) is 5.02 Å². The van der Waals surface area contributed by atoms with Gasteiger partial charge in [0.1, 0.15) is 6.61 Å². The molecule has 0 aromatic heterocycles. The van der Waals surface area contributed by atoms with E-state index >= 15 is 0 Å². The number of ether oxygens (including phenoxy) is 1. The third kappa shape index (κ3) is 3.50. The number of amides is 1. The number of nitrogens with zero attached hydrogens (tertiary/aromatic N) is 3. The molecule has 1 atom stereocenters. The molecule has 0 radical (unpaired) electrons. The number of carbonyl (C=O) groups excluding carboxylic acids is 1. The molecule has 0 saturated carbocycles. The summed E-state index contributed by atoms with van der Waals surface area (Å²) in [6.45, 7) is 0.238. The number of benzene rings is 2. The first-order valence-corrected chi connectivity index (χ1v) is 7.58. The predicted molar refractivity (Wildman–Crippen MR) is 90.8 cm³/mol. The Morgan fingerprint density at radius 3 is 2.46 bits per heavy atom. The van der Waals surface area contributed by atoms with Crippen LogP contribution in [0.3, 0.4) is 0 Å². The van der Waals surface area contributed by atoms with Gasteiger partial charge >= 0.3 is 6.02 Å². The molecule has 0 saturated heterocycles. The van der Waals surface area contributed by atoms with Crippen LogP contribution in [0.5, 0.6) is 0 Å². The van der Waals surface area contributed by atoms with Crippen molar-refractivity contribution in [3.05, 3.63) is 70.7 Å². The van der Waals surface area contributed by atoms with Crippen molar-refractivity contribution in [2.75, 3.05) is 0 Å². The Hall–Kier alpha value is -2.97. The fraction of sp³-hybridized carbons (Fsp3) is 0.111. The van der Waals surface area contributed by atoms with Crippen molar-refractivity contribution in [3.63, 3.8) is 0 Å². The summed E-state index contributed by atoms with van der Waals surface area (Å²) < 4.78 is 5.51. The summed E-state index contributed by atoms with van der Waals surface area (Å²) in [5.41, 5.74) is 1.88. The fourth-order valence-corrected chi connectivity index (χ4v) is 2.35. The second-order valence-electron chi connectivity index (χ2n) is 5.07. The number of hydrogen-bond donors (Lipinski definition) is 0. The Kier molecular flexibility index (Phi) is 4.69. The molecule has 3 rings (SSSR count). The standard InChI is InChI=1S/C18H12ClN3O2/c19-14-8-6-13(7-9-14)16-15(10-20)17(23)22-18(21-16)24-11-12-4-2-1-3-5-12/h1-9,15H,11H2. The number of hydrogen-bond acceptors (Lipinski definition) is 4. The molecule has 0 aliphatic carbocycles. The largest absolute Gasteiger partial charge is 0.459 e. The lowest BCUT2D eigenvalue weighted by Crippen LogP contribution is -2.29. The Balaban J connectivity index is 1.86. The zero-order chi connectivity index (χ0) is 16.9. The maximum atomic E-state index is 12.1. The molecular weight excluding hydrogens is 326 g/mol. The van der Waals surface area contributed by atoms with Gasteiger partial charge in [-0.2, -0.15) is 15.2 Å². The van der Waals surface area contributed by atoms with Gasteiger partial charge in [0.25, 0.3) is 5.91 Å². The van der Waals surface area contributed by atoms with E-state index in [1.54, 1.807) is 24.3 Å². The van der Waals surface area contributed by atoms with E-state index in [2.05, 4.69) is 9.98 Å². The molecule has 1 aliphatic rings. The van der Waals surface area contributed by atoms with Crippen molar-refractivity contribution >= 4 is 29.2 Å². The summed E-state index contributed by atoms with van der Waals surface area (Å²) in [6, 6.07) is 18.1. The van der Waals surface area contributed by atoms with Gasteiger partial charge in [-0.15, -0.1) is 0 Å². The Morgan fingerprint density at radius 1 is 1.08 bits per heavy atom. The van der Waals surface area contributed by atoms with Crippen LogP contribution in [0.1, 0.15) is 11.1 Å². The van der Waals surface area contributed by atoms with Gasteiger partial charge in [-0.3, -0.25) is 4.79 Å². The summed E-state index contributed by atoms with van der Waals surface area (Å²) in [6.07, 6.45) is 0. The van der Waals surface area contributed by atoms with Crippen LogP contribution in [0.15, 0.2) is 64.6 Å². The highest BCUT2D eigenvalue weighted by Crippen LogP contribution is 2.19. The van der Waals surface area contributed by atoms with E-state index in [9.17, 15) is 10.1 Å². The summed E-state index contributed by atoms with van der Waals surface area (Å²) in [4.78, 5) is 20.1. The summed E-state index contributed by atoms with van der Waals surface area (Å²) in [5.74, 6) is -1.63. The third-order valence-electron chi connectivity index (χ3n) is 3.42. The zero-order valence-electron chi connectivity index (χ0n) is 12.5. The fourth-order valence-electron chi connectivity index (χ4n) is 2.22. The van der Waals surface area contributed by atoms with Gasteiger partial charge in [0.15, 0.2) is 5.92 Å². The average Bonchev–Trinajstić information content (AvgIpc) is 2.61. The van der Waals surface area contributed by atoms with Crippen LogP contribution in [-0.2, 0) is 16.1 Å². The number of nitriles is 1. The van der Waals surface area contributed by atoms with Crippen LogP contribution in [0.4, 0.5) is 0 Å². The maximum Gasteiger partial charge on any atom is 0.320 e. The maximum absolute atomic E-state index is 12.1. The molecule has 5 nitrogen and oxygen atoms in total. The van der Waals surface area contributed by atoms with Crippen LogP contribution in [0.25, 0.3) is 0 Å². The molecule has 6 heteroatoms. The van der Waals surface area contributed by atoms with Crippen LogP contribution in [0, 0.1) is 17.2 Å². The number of carbonyl (C=O) groups is 1. The first-order valence-electron chi connectivity index (χ1n) is 7.21. The van der Waals surface area contributed by atoms with Gasteiger partial charge in [-0.25, -0.2) is 0 Å². The van der Waals surface area contributed by atoms with Crippen molar-refractivity contribution in [1.82, 2.24) is 0 Å². The lowest BCUT2D eigenvalue weighted by atomic mass is 9.96. The second kappa shape index (κ2) is 7.07.